The van der Waals surface area contributed by atoms with E-state index < -0.39 is 0 Å². The van der Waals surface area contributed by atoms with Crippen molar-refractivity contribution in [2.24, 2.45) is 0 Å². The molecule has 1 unspecified atom stereocenters. The van der Waals surface area contributed by atoms with Gasteiger partial charge in [0.25, 0.3) is 0 Å². The van der Waals surface area contributed by atoms with Crippen molar-refractivity contribution in [3.63, 3.8) is 0 Å². The number of rotatable bonds is 2. The number of halogens is 1. The first-order valence-electron chi connectivity index (χ1n) is 7.86. The van der Waals surface area contributed by atoms with Crippen molar-refractivity contribution in [3.8, 4) is 5.75 Å². The zero-order valence-corrected chi connectivity index (χ0v) is 13.4. The standard InChI is InChI=1S/C19H17ClN2O/c20-17-10-15(19(23)18-16(17)6-3-8-21-18)12-22-9-7-13-4-1-2-5-14(13)11-22/h1-6,8,10,23H,7,9,11-12H2. The molecule has 0 saturated carbocycles. The molecule has 3 aromatic rings. The van der Waals surface area contributed by atoms with Gasteiger partial charge in [0, 0.05) is 29.1 Å². The van der Waals surface area contributed by atoms with Gasteiger partial charge in [-0.1, -0.05) is 41.6 Å². The minimum atomic E-state index is 0.0105. The van der Waals surface area contributed by atoms with E-state index >= 15 is 0 Å². The first-order chi connectivity index (χ1) is 11.2. The van der Waals surface area contributed by atoms with Crippen LogP contribution in [0.5, 0.6) is 5.75 Å². The lowest BCUT2D eigenvalue weighted by Crippen LogP contribution is -3.10. The van der Waals surface area contributed by atoms with Crippen LogP contribution < -0.4 is 10.0 Å². The maximum Gasteiger partial charge on any atom is 0.103 e. The van der Waals surface area contributed by atoms with Crippen molar-refractivity contribution in [1.29, 1.82) is 0 Å². The van der Waals surface area contributed by atoms with E-state index in [-0.39, 0.29) is 5.75 Å². The number of nitrogens with zero attached hydrogens (tertiary/aromatic N) is 1. The number of benzene rings is 2. The SMILES string of the molecule is [O-]c1c(C[NH+]2CCc3ccccc3C2)cc(Cl)c2cccnc12. The van der Waals surface area contributed by atoms with Crippen molar-refractivity contribution in [1.82, 2.24) is 4.98 Å². The first kappa shape index (κ1) is 14.5. The Bertz CT molecular complexity index is 878. The maximum atomic E-state index is 12.7. The van der Waals surface area contributed by atoms with E-state index in [2.05, 4.69) is 29.2 Å². The number of quaternary nitrogens is 1. The third-order valence-corrected chi connectivity index (χ3v) is 4.93. The quantitative estimate of drug-likeness (QED) is 0.784. The second-order valence-corrected chi connectivity index (χ2v) is 6.53. The van der Waals surface area contributed by atoms with E-state index in [9.17, 15) is 5.11 Å². The van der Waals surface area contributed by atoms with Crippen molar-refractivity contribution in [2.45, 2.75) is 19.5 Å². The van der Waals surface area contributed by atoms with Crippen LogP contribution in [0.15, 0.2) is 48.7 Å². The van der Waals surface area contributed by atoms with Crippen LogP contribution in [0, 0.1) is 0 Å². The topological polar surface area (TPSA) is 40.4 Å². The Morgan fingerprint density at radius 1 is 1.13 bits per heavy atom. The van der Waals surface area contributed by atoms with Gasteiger partial charge in [-0.25, -0.2) is 0 Å². The van der Waals surface area contributed by atoms with Gasteiger partial charge in [-0.2, -0.15) is 0 Å². The molecule has 2 aromatic carbocycles. The van der Waals surface area contributed by atoms with Gasteiger partial charge < -0.3 is 10.0 Å². The van der Waals surface area contributed by atoms with Gasteiger partial charge in [-0.3, -0.25) is 4.98 Å². The van der Waals surface area contributed by atoms with Crippen molar-refractivity contribution >= 4 is 22.5 Å². The number of pyridine rings is 1. The average molecular weight is 325 g/mol. The summed E-state index contributed by atoms with van der Waals surface area (Å²) in [6, 6.07) is 14.0. The van der Waals surface area contributed by atoms with Gasteiger partial charge in [0.1, 0.15) is 13.1 Å². The molecular weight excluding hydrogens is 308 g/mol. The Morgan fingerprint density at radius 2 is 1.96 bits per heavy atom. The van der Waals surface area contributed by atoms with Gasteiger partial charge >= 0.3 is 0 Å². The Morgan fingerprint density at radius 3 is 2.83 bits per heavy atom. The number of hydrogen-bond acceptors (Lipinski definition) is 2. The fraction of sp³-hybridized carbons (Fsp3) is 0.211. The second-order valence-electron chi connectivity index (χ2n) is 6.12. The Hall–Kier alpha value is -2.10. The summed E-state index contributed by atoms with van der Waals surface area (Å²) in [5, 5.41) is 14.0. The molecule has 0 bridgehead atoms. The molecule has 1 aromatic heterocycles. The predicted octanol–water partition coefficient (Wildman–Crippen LogP) is 2.10. The lowest BCUT2D eigenvalue weighted by Gasteiger charge is -2.27. The summed E-state index contributed by atoms with van der Waals surface area (Å²) in [5.74, 6) is 0.0105. The largest absolute Gasteiger partial charge is 0.871 e. The number of aromatic nitrogens is 1. The minimum Gasteiger partial charge on any atom is -0.871 e. The van der Waals surface area contributed by atoms with Crippen LogP contribution in [0.2, 0.25) is 5.02 Å². The van der Waals surface area contributed by atoms with Crippen LogP contribution in [0.3, 0.4) is 0 Å². The molecule has 0 radical (unpaired) electrons. The summed E-state index contributed by atoms with van der Waals surface area (Å²) in [6.45, 7) is 2.68. The molecule has 116 valence electrons. The van der Waals surface area contributed by atoms with Crippen LogP contribution in [-0.2, 0) is 19.5 Å². The van der Waals surface area contributed by atoms with Crippen LogP contribution in [0.4, 0.5) is 0 Å². The van der Waals surface area contributed by atoms with Crippen molar-refractivity contribution < 1.29 is 10.0 Å². The molecule has 2 heterocycles. The van der Waals surface area contributed by atoms with Crippen LogP contribution >= 0.6 is 11.6 Å². The minimum absolute atomic E-state index is 0.0105. The maximum absolute atomic E-state index is 12.7. The van der Waals surface area contributed by atoms with E-state index in [0.717, 1.165) is 30.5 Å². The summed E-state index contributed by atoms with van der Waals surface area (Å²) in [4.78, 5) is 5.62. The van der Waals surface area contributed by atoms with Crippen molar-refractivity contribution in [2.75, 3.05) is 6.54 Å². The molecule has 0 aliphatic carbocycles. The highest BCUT2D eigenvalue weighted by Gasteiger charge is 2.20. The fourth-order valence-electron chi connectivity index (χ4n) is 3.42. The highest BCUT2D eigenvalue weighted by molar-refractivity contribution is 6.35. The zero-order valence-electron chi connectivity index (χ0n) is 12.7. The first-order valence-corrected chi connectivity index (χ1v) is 8.23. The molecule has 0 amide bonds. The number of nitrogens with one attached hydrogen (secondary N) is 1. The molecule has 3 nitrogen and oxygen atoms in total. The summed E-state index contributed by atoms with van der Waals surface area (Å²) in [6.07, 6.45) is 2.70. The Kier molecular flexibility index (Phi) is 3.68. The Labute approximate surface area is 140 Å². The molecule has 1 N–H and O–H groups in total. The number of hydrogen-bond donors (Lipinski definition) is 1. The second kappa shape index (κ2) is 5.84. The van der Waals surface area contributed by atoms with Gasteiger partial charge in [0.15, 0.2) is 0 Å². The highest BCUT2D eigenvalue weighted by Crippen LogP contribution is 2.30. The van der Waals surface area contributed by atoms with Gasteiger partial charge in [0.05, 0.1) is 17.1 Å². The van der Waals surface area contributed by atoms with Crippen LogP contribution in [-0.4, -0.2) is 11.5 Å². The monoisotopic (exact) mass is 324 g/mol. The molecular formula is C19H17ClN2O. The summed E-state index contributed by atoms with van der Waals surface area (Å²) < 4.78 is 0. The van der Waals surface area contributed by atoms with E-state index in [1.807, 2.05) is 12.1 Å². The summed E-state index contributed by atoms with van der Waals surface area (Å²) in [7, 11) is 0. The van der Waals surface area contributed by atoms with E-state index in [4.69, 9.17) is 11.6 Å². The van der Waals surface area contributed by atoms with E-state index in [0.29, 0.717) is 17.1 Å². The Balaban J connectivity index is 1.65. The third kappa shape index (κ3) is 2.67. The van der Waals surface area contributed by atoms with E-state index in [1.54, 1.807) is 12.3 Å². The zero-order chi connectivity index (χ0) is 15.8. The van der Waals surface area contributed by atoms with E-state index in [1.165, 1.54) is 16.0 Å². The van der Waals surface area contributed by atoms with Gasteiger partial charge in [-0.15, -0.1) is 0 Å². The molecule has 4 rings (SSSR count). The third-order valence-electron chi connectivity index (χ3n) is 4.62. The average Bonchev–Trinajstić information content (AvgIpc) is 2.59. The molecule has 23 heavy (non-hydrogen) atoms. The molecule has 4 heteroatoms. The molecule has 1 aliphatic heterocycles. The lowest BCUT2D eigenvalue weighted by molar-refractivity contribution is -0.929. The normalized spacial score (nSPS) is 17.2. The molecule has 0 saturated heterocycles. The van der Waals surface area contributed by atoms with Crippen LogP contribution in [0.25, 0.3) is 10.9 Å². The fourth-order valence-corrected chi connectivity index (χ4v) is 3.71. The van der Waals surface area contributed by atoms with Gasteiger partial charge in [-0.05, 0) is 23.8 Å². The molecule has 1 aliphatic rings. The summed E-state index contributed by atoms with van der Waals surface area (Å²) in [5.41, 5.74) is 4.05. The molecule has 0 fully saturated rings. The molecule has 0 spiro atoms. The summed E-state index contributed by atoms with van der Waals surface area (Å²) >= 11 is 6.34. The van der Waals surface area contributed by atoms with Gasteiger partial charge in [0.2, 0.25) is 0 Å². The number of fused-ring (bicyclic) bond motifs is 2. The highest BCUT2D eigenvalue weighted by atomic mass is 35.5. The smallest absolute Gasteiger partial charge is 0.103 e. The lowest BCUT2D eigenvalue weighted by atomic mass is 9.99. The predicted molar refractivity (Wildman–Crippen MR) is 89.6 cm³/mol. The van der Waals surface area contributed by atoms with Crippen molar-refractivity contribution in [3.05, 3.63) is 70.4 Å². The van der Waals surface area contributed by atoms with Crippen LogP contribution in [0.1, 0.15) is 16.7 Å². The molecule has 1 atom stereocenters.